The molecule has 0 bridgehead atoms. The minimum Gasteiger partial charge on any atom is -0.451 e. The highest BCUT2D eigenvalue weighted by Crippen LogP contribution is 2.25. The molecule has 1 aliphatic heterocycles. The van der Waals surface area contributed by atoms with E-state index in [-0.39, 0.29) is 16.8 Å². The fourth-order valence-electron chi connectivity index (χ4n) is 2.97. The molecule has 0 radical (unpaired) electrons. The Morgan fingerprint density at radius 3 is 2.23 bits per heavy atom. The zero-order valence-corrected chi connectivity index (χ0v) is 16.3. The molecular weight excluding hydrogens is 413 g/mol. The molecule has 0 saturated carbocycles. The van der Waals surface area contributed by atoms with Gasteiger partial charge >= 0.3 is 11.7 Å². The number of nitro benzene ring substituents is 1. The second-order valence-corrected chi connectivity index (χ2v) is 6.69. The number of nitro groups is 1. The van der Waals surface area contributed by atoms with Crippen molar-refractivity contribution in [3.05, 3.63) is 69.5 Å². The summed E-state index contributed by atoms with van der Waals surface area (Å²) in [6.45, 7) is 2.53. The average molecular weight is 429 g/mol. The number of nitrogens with zero attached hydrogens (tertiary/aromatic N) is 2. The molecule has 0 aromatic heterocycles. The predicted molar refractivity (Wildman–Crippen MR) is 104 cm³/mol. The highest BCUT2D eigenvalue weighted by atomic mass is 19.1. The Labute approximate surface area is 174 Å². The number of hydrogen-bond acceptors (Lipinski definition) is 7. The van der Waals surface area contributed by atoms with E-state index in [0.717, 1.165) is 23.1 Å². The third-order valence-corrected chi connectivity index (χ3v) is 4.63. The molecular formula is C20H16FN3O7. The van der Waals surface area contributed by atoms with Gasteiger partial charge in [0.1, 0.15) is 6.04 Å². The van der Waals surface area contributed by atoms with Gasteiger partial charge in [-0.25, -0.2) is 4.79 Å². The summed E-state index contributed by atoms with van der Waals surface area (Å²) in [4.78, 5) is 60.2. The number of esters is 1. The van der Waals surface area contributed by atoms with E-state index in [1.54, 1.807) is 12.1 Å². The number of nitrogens with one attached hydrogen (secondary N) is 1. The number of benzene rings is 2. The van der Waals surface area contributed by atoms with Crippen molar-refractivity contribution in [2.24, 2.45) is 0 Å². The number of halogens is 1. The Hall–Kier alpha value is -4.15. The standard InChI is InChI=1S/C20H16FN3O7/c1-10(23-18(26)13-5-3-4-6-14(13)19(23)27)20(28)31-11(2)17(25)22-12-7-8-15(21)16(9-12)24(29)30/h3-11H,1-2H3,(H,22,25). The number of carbonyl (C=O) groups is 4. The zero-order valence-electron chi connectivity index (χ0n) is 16.3. The minimum atomic E-state index is -1.37. The number of amides is 3. The van der Waals surface area contributed by atoms with Crippen molar-refractivity contribution >= 4 is 35.1 Å². The largest absolute Gasteiger partial charge is 0.451 e. The van der Waals surface area contributed by atoms with Gasteiger partial charge in [0.15, 0.2) is 6.10 Å². The Balaban J connectivity index is 1.66. The highest BCUT2D eigenvalue weighted by Gasteiger charge is 2.41. The van der Waals surface area contributed by atoms with Crippen LogP contribution in [0.3, 0.4) is 0 Å². The number of rotatable bonds is 6. The molecule has 3 amide bonds. The first-order chi connectivity index (χ1) is 14.6. The molecule has 1 N–H and O–H groups in total. The van der Waals surface area contributed by atoms with Gasteiger partial charge in [0, 0.05) is 11.8 Å². The van der Waals surface area contributed by atoms with Crippen molar-refractivity contribution in [1.29, 1.82) is 0 Å². The molecule has 0 saturated heterocycles. The monoisotopic (exact) mass is 429 g/mol. The van der Waals surface area contributed by atoms with Crippen molar-refractivity contribution in [2.45, 2.75) is 26.0 Å². The van der Waals surface area contributed by atoms with Gasteiger partial charge in [-0.05, 0) is 38.1 Å². The number of fused-ring (bicyclic) bond motifs is 1. The Kier molecular flexibility index (Phi) is 5.77. The Bertz CT molecular complexity index is 1080. The lowest BCUT2D eigenvalue weighted by Crippen LogP contribution is -2.45. The fourth-order valence-corrected chi connectivity index (χ4v) is 2.97. The SMILES string of the molecule is CC(OC(=O)C(C)N1C(=O)c2ccccc2C1=O)C(=O)Nc1ccc(F)c([N+](=O)[O-])c1. The maximum Gasteiger partial charge on any atom is 0.329 e. The molecule has 1 aliphatic rings. The average Bonchev–Trinajstić information content (AvgIpc) is 2.99. The van der Waals surface area contributed by atoms with E-state index in [2.05, 4.69) is 5.32 Å². The first-order valence-corrected chi connectivity index (χ1v) is 9.04. The normalized spacial score (nSPS) is 14.6. The van der Waals surface area contributed by atoms with Gasteiger partial charge < -0.3 is 10.1 Å². The summed E-state index contributed by atoms with van der Waals surface area (Å²) < 4.78 is 18.5. The van der Waals surface area contributed by atoms with Crippen molar-refractivity contribution in [3.63, 3.8) is 0 Å². The summed E-state index contributed by atoms with van der Waals surface area (Å²) in [6, 6.07) is 7.55. The molecule has 2 aromatic carbocycles. The van der Waals surface area contributed by atoms with Crippen LogP contribution in [0.25, 0.3) is 0 Å². The van der Waals surface area contributed by atoms with E-state index in [1.807, 2.05) is 0 Å². The second-order valence-electron chi connectivity index (χ2n) is 6.69. The molecule has 31 heavy (non-hydrogen) atoms. The van der Waals surface area contributed by atoms with Crippen LogP contribution in [-0.2, 0) is 14.3 Å². The molecule has 160 valence electrons. The summed E-state index contributed by atoms with van der Waals surface area (Å²) in [6.07, 6.45) is -1.37. The van der Waals surface area contributed by atoms with E-state index < -0.39 is 52.3 Å². The molecule has 2 unspecified atom stereocenters. The van der Waals surface area contributed by atoms with Crippen LogP contribution in [0.2, 0.25) is 0 Å². The van der Waals surface area contributed by atoms with Gasteiger partial charge in [0.2, 0.25) is 5.82 Å². The molecule has 1 heterocycles. The summed E-state index contributed by atoms with van der Waals surface area (Å²) in [5, 5.41) is 13.1. The smallest absolute Gasteiger partial charge is 0.329 e. The van der Waals surface area contributed by atoms with Gasteiger partial charge in [-0.15, -0.1) is 0 Å². The second kappa shape index (κ2) is 8.30. The lowest BCUT2D eigenvalue weighted by atomic mass is 10.1. The van der Waals surface area contributed by atoms with E-state index in [1.165, 1.54) is 26.0 Å². The number of carbonyl (C=O) groups excluding carboxylic acids is 4. The summed E-state index contributed by atoms with van der Waals surface area (Å²) >= 11 is 0. The molecule has 10 nitrogen and oxygen atoms in total. The van der Waals surface area contributed by atoms with Crippen molar-refractivity contribution < 1.29 is 33.2 Å². The van der Waals surface area contributed by atoms with Crippen molar-refractivity contribution in [3.8, 4) is 0 Å². The third-order valence-electron chi connectivity index (χ3n) is 4.63. The summed E-state index contributed by atoms with van der Waals surface area (Å²) in [5.41, 5.74) is -0.581. The Morgan fingerprint density at radius 1 is 1.10 bits per heavy atom. The molecule has 0 aliphatic carbocycles. The fraction of sp³-hybridized carbons (Fsp3) is 0.200. The quantitative estimate of drug-likeness (QED) is 0.322. The number of ether oxygens (including phenoxy) is 1. The molecule has 11 heteroatoms. The van der Waals surface area contributed by atoms with Crippen LogP contribution in [-0.4, -0.2) is 45.7 Å². The molecule has 2 aromatic rings. The van der Waals surface area contributed by atoms with E-state index in [0.29, 0.717) is 0 Å². The molecule has 0 spiro atoms. The van der Waals surface area contributed by atoms with Gasteiger partial charge in [-0.3, -0.25) is 29.4 Å². The van der Waals surface area contributed by atoms with Crippen LogP contribution in [0.15, 0.2) is 42.5 Å². The zero-order chi connectivity index (χ0) is 22.9. The number of hydrogen-bond donors (Lipinski definition) is 1. The minimum absolute atomic E-state index is 0.0746. The third kappa shape index (κ3) is 4.10. The summed E-state index contributed by atoms with van der Waals surface area (Å²) in [7, 11) is 0. The molecule has 2 atom stereocenters. The van der Waals surface area contributed by atoms with Gasteiger partial charge in [-0.2, -0.15) is 4.39 Å². The van der Waals surface area contributed by atoms with E-state index in [9.17, 15) is 33.7 Å². The van der Waals surface area contributed by atoms with Gasteiger partial charge in [0.25, 0.3) is 17.7 Å². The van der Waals surface area contributed by atoms with Crippen LogP contribution < -0.4 is 5.32 Å². The lowest BCUT2D eigenvalue weighted by molar-refractivity contribution is -0.387. The maximum atomic E-state index is 13.4. The molecule has 3 rings (SSSR count). The molecule has 0 fully saturated rings. The van der Waals surface area contributed by atoms with Gasteiger partial charge in [0.05, 0.1) is 16.1 Å². The van der Waals surface area contributed by atoms with E-state index in [4.69, 9.17) is 4.74 Å². The predicted octanol–water partition coefficient (Wildman–Crippen LogP) is 2.29. The highest BCUT2D eigenvalue weighted by molar-refractivity contribution is 6.22. The maximum absolute atomic E-state index is 13.4. The number of anilines is 1. The topological polar surface area (TPSA) is 136 Å². The van der Waals surface area contributed by atoms with Crippen LogP contribution in [0.4, 0.5) is 15.8 Å². The van der Waals surface area contributed by atoms with Gasteiger partial charge in [-0.1, -0.05) is 12.1 Å². The van der Waals surface area contributed by atoms with Crippen LogP contribution in [0.5, 0.6) is 0 Å². The first-order valence-electron chi connectivity index (χ1n) is 9.04. The van der Waals surface area contributed by atoms with Crippen LogP contribution in [0, 0.1) is 15.9 Å². The number of imide groups is 1. The van der Waals surface area contributed by atoms with Crippen LogP contribution in [0.1, 0.15) is 34.6 Å². The Morgan fingerprint density at radius 2 is 1.68 bits per heavy atom. The van der Waals surface area contributed by atoms with Crippen LogP contribution >= 0.6 is 0 Å². The first kappa shape index (κ1) is 21.6. The van der Waals surface area contributed by atoms with Crippen molar-refractivity contribution in [2.75, 3.05) is 5.32 Å². The summed E-state index contributed by atoms with van der Waals surface area (Å²) in [5.74, 6) is -4.22. The lowest BCUT2D eigenvalue weighted by Gasteiger charge is -2.22. The van der Waals surface area contributed by atoms with Crippen molar-refractivity contribution in [1.82, 2.24) is 4.90 Å². The van der Waals surface area contributed by atoms with E-state index >= 15 is 0 Å².